The highest BCUT2D eigenvalue weighted by Gasteiger charge is 2.30. The summed E-state index contributed by atoms with van der Waals surface area (Å²) in [5.74, 6) is 0.105. The number of alkyl halides is 1. The minimum atomic E-state index is -0.0556. The largest absolute Gasteiger partial charge is 0.311 e. The first-order chi connectivity index (χ1) is 7.09. The van der Waals surface area contributed by atoms with Crippen LogP contribution in [0.1, 0.15) is 6.42 Å². The van der Waals surface area contributed by atoms with Crippen LogP contribution < -0.4 is 4.90 Å². The predicted molar refractivity (Wildman–Crippen MR) is 68.8 cm³/mol. The third-order valence-electron chi connectivity index (χ3n) is 2.35. The van der Waals surface area contributed by atoms with Crippen molar-refractivity contribution in [3.63, 3.8) is 0 Å². The molecule has 1 atom stereocenters. The van der Waals surface area contributed by atoms with Crippen LogP contribution in [0.15, 0.2) is 22.7 Å². The zero-order valence-corrected chi connectivity index (χ0v) is 11.6. The Hall–Kier alpha value is -0.0600. The highest BCUT2D eigenvalue weighted by Crippen LogP contribution is 2.31. The molecule has 5 heteroatoms. The molecule has 0 spiro atoms. The summed E-state index contributed by atoms with van der Waals surface area (Å²) in [4.78, 5) is 13.4. The number of benzene rings is 1. The van der Waals surface area contributed by atoms with Crippen molar-refractivity contribution in [2.75, 3.05) is 11.4 Å². The zero-order chi connectivity index (χ0) is 11.0. The van der Waals surface area contributed by atoms with Crippen molar-refractivity contribution in [2.45, 2.75) is 11.2 Å². The van der Waals surface area contributed by atoms with Crippen LogP contribution in [-0.2, 0) is 4.79 Å². The Morgan fingerprint density at radius 2 is 2.20 bits per heavy atom. The van der Waals surface area contributed by atoms with Gasteiger partial charge in [0.15, 0.2) is 0 Å². The summed E-state index contributed by atoms with van der Waals surface area (Å²) in [6.07, 6.45) is 0.840. The number of halogens is 3. The van der Waals surface area contributed by atoms with E-state index in [1.165, 1.54) is 0 Å². The van der Waals surface area contributed by atoms with Gasteiger partial charge in [-0.1, -0.05) is 27.5 Å². The lowest BCUT2D eigenvalue weighted by atomic mass is 10.3. The second-order valence-electron chi connectivity index (χ2n) is 3.34. The molecule has 80 valence electrons. The summed E-state index contributed by atoms with van der Waals surface area (Å²) in [6.45, 7) is 0.743. The van der Waals surface area contributed by atoms with Gasteiger partial charge >= 0.3 is 0 Å². The molecule has 1 amide bonds. The predicted octanol–water partition coefficient (Wildman–Crippen LogP) is 3.60. The Bertz CT molecular complexity index is 410. The number of amides is 1. The first kappa shape index (κ1) is 11.4. The number of carbonyl (C=O) groups is 1. The van der Waals surface area contributed by atoms with E-state index in [4.69, 9.17) is 11.6 Å². The lowest BCUT2D eigenvalue weighted by Gasteiger charge is -2.16. The van der Waals surface area contributed by atoms with E-state index in [-0.39, 0.29) is 10.7 Å². The van der Waals surface area contributed by atoms with E-state index in [0.29, 0.717) is 5.02 Å². The van der Waals surface area contributed by atoms with Crippen LogP contribution in [0.25, 0.3) is 0 Å². The smallest absolute Gasteiger partial charge is 0.240 e. The first-order valence-electron chi connectivity index (χ1n) is 4.50. The summed E-state index contributed by atoms with van der Waals surface area (Å²) in [5.41, 5.74) is 0.857. The van der Waals surface area contributed by atoms with E-state index < -0.39 is 0 Å². The maximum Gasteiger partial charge on any atom is 0.240 e. The maximum atomic E-state index is 11.7. The number of anilines is 1. The second-order valence-corrected chi connectivity index (χ2v) is 5.71. The van der Waals surface area contributed by atoms with Gasteiger partial charge in [0.05, 0.1) is 9.85 Å². The Kier molecular flexibility index (Phi) is 3.38. The molecular formula is C10H8Br2ClNO. The van der Waals surface area contributed by atoms with Gasteiger partial charge in [-0.15, -0.1) is 0 Å². The van der Waals surface area contributed by atoms with Crippen molar-refractivity contribution in [3.8, 4) is 0 Å². The first-order valence-corrected chi connectivity index (χ1v) is 6.59. The van der Waals surface area contributed by atoms with Gasteiger partial charge in [-0.2, -0.15) is 0 Å². The standard InChI is InChI=1S/C10H8Br2ClNO/c11-7-2-1-6(5-9(7)13)14-4-3-8(12)10(14)15/h1-2,5,8H,3-4H2. The van der Waals surface area contributed by atoms with Gasteiger partial charge in [0.1, 0.15) is 0 Å². The van der Waals surface area contributed by atoms with E-state index in [1.807, 2.05) is 12.1 Å². The van der Waals surface area contributed by atoms with Gasteiger partial charge in [-0.05, 0) is 40.5 Å². The van der Waals surface area contributed by atoms with Crippen LogP contribution in [0.4, 0.5) is 5.69 Å². The topological polar surface area (TPSA) is 20.3 Å². The lowest BCUT2D eigenvalue weighted by Crippen LogP contribution is -2.26. The Morgan fingerprint density at radius 3 is 2.73 bits per heavy atom. The van der Waals surface area contributed by atoms with E-state index in [2.05, 4.69) is 31.9 Å². The Balaban J connectivity index is 2.31. The zero-order valence-electron chi connectivity index (χ0n) is 7.71. The maximum absolute atomic E-state index is 11.7. The number of nitrogens with zero attached hydrogens (tertiary/aromatic N) is 1. The summed E-state index contributed by atoms with van der Waals surface area (Å²) < 4.78 is 0.843. The molecule has 0 bridgehead atoms. The average molecular weight is 353 g/mol. The van der Waals surface area contributed by atoms with E-state index in [9.17, 15) is 4.79 Å². The number of hydrogen-bond donors (Lipinski definition) is 0. The molecule has 0 N–H and O–H groups in total. The molecule has 1 unspecified atom stereocenters. The quantitative estimate of drug-likeness (QED) is 0.707. The minimum Gasteiger partial charge on any atom is -0.311 e. The summed E-state index contributed by atoms with van der Waals surface area (Å²) in [5, 5.41) is 0.623. The van der Waals surface area contributed by atoms with Gasteiger partial charge in [-0.3, -0.25) is 4.79 Å². The monoisotopic (exact) mass is 351 g/mol. The summed E-state index contributed by atoms with van der Waals surface area (Å²) in [6, 6.07) is 5.54. The molecule has 1 aromatic rings. The van der Waals surface area contributed by atoms with Crippen molar-refractivity contribution < 1.29 is 4.79 Å². The van der Waals surface area contributed by atoms with E-state index in [0.717, 1.165) is 23.1 Å². The SMILES string of the molecule is O=C1C(Br)CCN1c1ccc(Br)c(Cl)c1. The fourth-order valence-electron chi connectivity index (χ4n) is 1.55. The van der Waals surface area contributed by atoms with Crippen molar-refractivity contribution in [1.29, 1.82) is 0 Å². The number of hydrogen-bond acceptors (Lipinski definition) is 1. The molecule has 1 aliphatic rings. The molecule has 1 aromatic carbocycles. The molecule has 0 aliphatic carbocycles. The van der Waals surface area contributed by atoms with Gasteiger partial charge in [0.2, 0.25) is 5.91 Å². The fourth-order valence-corrected chi connectivity index (χ4v) is 2.43. The van der Waals surface area contributed by atoms with Gasteiger partial charge in [0.25, 0.3) is 0 Å². The number of carbonyl (C=O) groups excluding carboxylic acids is 1. The fraction of sp³-hybridized carbons (Fsp3) is 0.300. The molecule has 0 saturated carbocycles. The molecule has 1 fully saturated rings. The lowest BCUT2D eigenvalue weighted by molar-refractivity contribution is -0.116. The average Bonchev–Trinajstić information content (AvgIpc) is 2.53. The molecule has 1 heterocycles. The highest BCUT2D eigenvalue weighted by molar-refractivity contribution is 9.10. The van der Waals surface area contributed by atoms with Gasteiger partial charge in [0, 0.05) is 16.7 Å². The minimum absolute atomic E-state index is 0.0556. The van der Waals surface area contributed by atoms with Gasteiger partial charge < -0.3 is 4.90 Å². The van der Waals surface area contributed by atoms with Crippen LogP contribution in [0, 0.1) is 0 Å². The molecule has 1 saturated heterocycles. The molecule has 2 rings (SSSR count). The van der Waals surface area contributed by atoms with Crippen molar-refractivity contribution in [1.82, 2.24) is 0 Å². The highest BCUT2D eigenvalue weighted by atomic mass is 79.9. The molecular weight excluding hydrogens is 345 g/mol. The van der Waals surface area contributed by atoms with Crippen LogP contribution in [0.5, 0.6) is 0 Å². The summed E-state index contributed by atoms with van der Waals surface area (Å²) >= 11 is 12.6. The van der Waals surface area contributed by atoms with Crippen LogP contribution >= 0.6 is 43.5 Å². The molecule has 15 heavy (non-hydrogen) atoms. The Morgan fingerprint density at radius 1 is 1.47 bits per heavy atom. The van der Waals surface area contributed by atoms with Crippen LogP contribution in [0.2, 0.25) is 5.02 Å². The van der Waals surface area contributed by atoms with Crippen LogP contribution in [0.3, 0.4) is 0 Å². The van der Waals surface area contributed by atoms with Crippen molar-refractivity contribution in [3.05, 3.63) is 27.7 Å². The number of rotatable bonds is 1. The third kappa shape index (κ3) is 2.22. The Labute approximate surface area is 110 Å². The normalized spacial score (nSPS) is 21.1. The van der Waals surface area contributed by atoms with Crippen LogP contribution in [-0.4, -0.2) is 17.3 Å². The molecule has 0 aromatic heterocycles. The molecule has 2 nitrogen and oxygen atoms in total. The van der Waals surface area contributed by atoms with E-state index >= 15 is 0 Å². The second kappa shape index (κ2) is 4.44. The van der Waals surface area contributed by atoms with Gasteiger partial charge in [-0.25, -0.2) is 0 Å². The van der Waals surface area contributed by atoms with Crippen molar-refractivity contribution >= 4 is 55.1 Å². The summed E-state index contributed by atoms with van der Waals surface area (Å²) in [7, 11) is 0. The van der Waals surface area contributed by atoms with Crippen molar-refractivity contribution in [2.24, 2.45) is 0 Å². The third-order valence-corrected chi connectivity index (χ3v) is 4.44. The molecule has 1 aliphatic heterocycles. The molecule has 0 radical (unpaired) electrons. The van der Waals surface area contributed by atoms with E-state index in [1.54, 1.807) is 11.0 Å².